The molecule has 1 N–H and O–H groups in total. The summed E-state index contributed by atoms with van der Waals surface area (Å²) in [6.07, 6.45) is 0. The number of aliphatic hydroxyl groups excluding tert-OH is 1. The van der Waals surface area contributed by atoms with Gasteiger partial charge in [0.1, 0.15) is 5.82 Å². The molecule has 3 nitrogen and oxygen atoms in total. The second kappa shape index (κ2) is 5.78. The molecule has 0 fully saturated rings. The number of halogens is 1. The van der Waals surface area contributed by atoms with E-state index in [-0.39, 0.29) is 18.3 Å². The van der Waals surface area contributed by atoms with E-state index in [4.69, 9.17) is 5.10 Å². The van der Waals surface area contributed by atoms with Crippen LogP contribution in [0.1, 0.15) is 42.3 Å². The zero-order valence-electron chi connectivity index (χ0n) is 13.9. The van der Waals surface area contributed by atoms with Crippen molar-refractivity contribution in [3.8, 4) is 11.1 Å². The Hall–Kier alpha value is -2.20. The molecule has 3 aromatic rings. The van der Waals surface area contributed by atoms with Crippen molar-refractivity contribution in [3.63, 3.8) is 0 Å². The molecule has 3 rings (SSSR count). The number of benzene rings is 1. The summed E-state index contributed by atoms with van der Waals surface area (Å²) < 4.78 is 15.3. The second-order valence-corrected chi connectivity index (χ2v) is 6.29. The van der Waals surface area contributed by atoms with Gasteiger partial charge in [-0.1, -0.05) is 26.0 Å². The number of hydrogen-bond acceptors (Lipinski definition) is 2. The van der Waals surface area contributed by atoms with Crippen molar-refractivity contribution in [2.75, 3.05) is 0 Å². The SMILES string of the molecule is Cc1cc(C)n2nc(C(C)C)c(CO)c(-c3ccc(F)cc3)c12. The van der Waals surface area contributed by atoms with Gasteiger partial charge in [-0.3, -0.25) is 0 Å². The van der Waals surface area contributed by atoms with Crippen LogP contribution >= 0.6 is 0 Å². The van der Waals surface area contributed by atoms with Crippen LogP contribution < -0.4 is 0 Å². The van der Waals surface area contributed by atoms with Gasteiger partial charge in [0.05, 0.1) is 17.8 Å². The van der Waals surface area contributed by atoms with E-state index >= 15 is 0 Å². The van der Waals surface area contributed by atoms with E-state index in [1.54, 1.807) is 12.1 Å². The minimum Gasteiger partial charge on any atom is -0.392 e. The predicted octanol–water partition coefficient (Wildman–Crippen LogP) is 4.37. The summed E-state index contributed by atoms with van der Waals surface area (Å²) in [5, 5.41) is 14.8. The molecule has 0 spiro atoms. The fraction of sp³-hybridized carbons (Fsp3) is 0.316. The Labute approximate surface area is 135 Å². The number of hydrogen-bond donors (Lipinski definition) is 1. The van der Waals surface area contributed by atoms with Crippen LogP contribution in [0.15, 0.2) is 30.3 Å². The first-order valence-electron chi connectivity index (χ1n) is 7.82. The largest absolute Gasteiger partial charge is 0.392 e. The summed E-state index contributed by atoms with van der Waals surface area (Å²) in [6.45, 7) is 8.09. The molecule has 0 amide bonds. The molecule has 0 radical (unpaired) electrons. The maximum atomic E-state index is 13.3. The van der Waals surface area contributed by atoms with E-state index in [0.29, 0.717) is 0 Å². The number of aromatic nitrogens is 2. The van der Waals surface area contributed by atoms with Crippen molar-refractivity contribution in [3.05, 3.63) is 58.7 Å². The van der Waals surface area contributed by atoms with Gasteiger partial charge in [0.2, 0.25) is 0 Å². The lowest BCUT2D eigenvalue weighted by Crippen LogP contribution is -2.09. The fourth-order valence-electron chi connectivity index (χ4n) is 3.21. The summed E-state index contributed by atoms with van der Waals surface area (Å²) >= 11 is 0. The molecule has 0 atom stereocenters. The highest BCUT2D eigenvalue weighted by Gasteiger charge is 2.20. The van der Waals surface area contributed by atoms with Gasteiger partial charge in [-0.2, -0.15) is 5.10 Å². The van der Waals surface area contributed by atoms with E-state index in [1.807, 2.05) is 18.4 Å². The third kappa shape index (κ3) is 2.53. The zero-order chi connectivity index (χ0) is 16.7. The predicted molar refractivity (Wildman–Crippen MR) is 90.1 cm³/mol. The second-order valence-electron chi connectivity index (χ2n) is 6.29. The lowest BCUT2D eigenvalue weighted by atomic mass is 9.94. The molecule has 2 aromatic heterocycles. The Bertz CT molecular complexity index is 863. The van der Waals surface area contributed by atoms with Crippen LogP contribution in [0.3, 0.4) is 0 Å². The average Bonchev–Trinajstić information content (AvgIpc) is 2.80. The quantitative estimate of drug-likeness (QED) is 0.779. The van der Waals surface area contributed by atoms with E-state index in [0.717, 1.165) is 39.2 Å². The Morgan fingerprint density at radius 1 is 1.17 bits per heavy atom. The first kappa shape index (κ1) is 15.7. The van der Waals surface area contributed by atoms with Gasteiger partial charge in [-0.15, -0.1) is 0 Å². The minimum atomic E-state index is -0.267. The van der Waals surface area contributed by atoms with Crippen molar-refractivity contribution < 1.29 is 9.50 Å². The first-order chi connectivity index (χ1) is 10.9. The lowest BCUT2D eigenvalue weighted by Gasteiger charge is -2.18. The summed E-state index contributed by atoms with van der Waals surface area (Å²) in [6, 6.07) is 8.51. The number of rotatable bonds is 3. The topological polar surface area (TPSA) is 37.5 Å². The summed E-state index contributed by atoms with van der Waals surface area (Å²) in [7, 11) is 0. The molecule has 0 saturated carbocycles. The van der Waals surface area contributed by atoms with Gasteiger partial charge < -0.3 is 5.11 Å². The Balaban J connectivity index is 2.47. The third-order valence-corrected chi connectivity index (χ3v) is 4.24. The fourth-order valence-corrected chi connectivity index (χ4v) is 3.21. The van der Waals surface area contributed by atoms with Gasteiger partial charge in [0.15, 0.2) is 0 Å². The molecule has 0 saturated heterocycles. The molecular weight excluding hydrogens is 291 g/mol. The van der Waals surface area contributed by atoms with E-state index in [2.05, 4.69) is 19.9 Å². The molecule has 0 aliphatic carbocycles. The molecule has 1 aromatic carbocycles. The molecule has 4 heteroatoms. The van der Waals surface area contributed by atoms with Crippen LogP contribution in [0.4, 0.5) is 4.39 Å². The zero-order valence-corrected chi connectivity index (χ0v) is 13.9. The minimum absolute atomic E-state index is 0.0899. The molecule has 2 heterocycles. The molecule has 23 heavy (non-hydrogen) atoms. The number of aliphatic hydroxyl groups is 1. The number of nitrogens with zero attached hydrogens (tertiary/aromatic N) is 2. The third-order valence-electron chi connectivity index (χ3n) is 4.24. The Morgan fingerprint density at radius 2 is 1.83 bits per heavy atom. The van der Waals surface area contributed by atoms with Gasteiger partial charge >= 0.3 is 0 Å². The highest BCUT2D eigenvalue weighted by molar-refractivity contribution is 5.86. The van der Waals surface area contributed by atoms with E-state index in [1.165, 1.54) is 12.1 Å². The molecular formula is C19H21FN2O. The number of aryl methyl sites for hydroxylation is 2. The Morgan fingerprint density at radius 3 is 2.39 bits per heavy atom. The molecule has 0 aliphatic rings. The van der Waals surface area contributed by atoms with Crippen LogP contribution in [0.5, 0.6) is 0 Å². The van der Waals surface area contributed by atoms with Crippen molar-refractivity contribution >= 4 is 5.52 Å². The normalized spacial score (nSPS) is 11.6. The van der Waals surface area contributed by atoms with Gasteiger partial charge in [0, 0.05) is 16.8 Å². The van der Waals surface area contributed by atoms with E-state index in [9.17, 15) is 9.50 Å². The standard InChI is InChI=1S/C19H21FN2O/c1-11(2)18-16(10-23)17(14-5-7-15(20)8-6-14)19-12(3)9-13(4)22(19)21-18/h5-9,11,23H,10H2,1-4H3. The Kier molecular flexibility index (Phi) is 3.94. The molecule has 0 aliphatic heterocycles. The van der Waals surface area contributed by atoms with Crippen LogP contribution in [0.25, 0.3) is 16.6 Å². The summed E-state index contributed by atoms with van der Waals surface area (Å²) in [5.74, 6) is -0.0837. The van der Waals surface area contributed by atoms with Crippen molar-refractivity contribution in [2.24, 2.45) is 0 Å². The van der Waals surface area contributed by atoms with Gasteiger partial charge in [-0.05, 0) is 49.1 Å². The molecule has 0 bridgehead atoms. The smallest absolute Gasteiger partial charge is 0.123 e. The van der Waals surface area contributed by atoms with Crippen LogP contribution in [0.2, 0.25) is 0 Å². The van der Waals surface area contributed by atoms with Crippen molar-refractivity contribution in [1.29, 1.82) is 0 Å². The van der Waals surface area contributed by atoms with Crippen molar-refractivity contribution in [1.82, 2.24) is 9.61 Å². The van der Waals surface area contributed by atoms with Crippen LogP contribution in [0, 0.1) is 19.7 Å². The highest BCUT2D eigenvalue weighted by Crippen LogP contribution is 2.35. The van der Waals surface area contributed by atoms with Crippen LogP contribution in [-0.4, -0.2) is 14.7 Å². The van der Waals surface area contributed by atoms with Gasteiger partial charge in [-0.25, -0.2) is 8.91 Å². The monoisotopic (exact) mass is 312 g/mol. The molecule has 120 valence electrons. The average molecular weight is 312 g/mol. The summed E-state index contributed by atoms with van der Waals surface area (Å²) in [4.78, 5) is 0. The van der Waals surface area contributed by atoms with Crippen LogP contribution in [-0.2, 0) is 6.61 Å². The summed E-state index contributed by atoms with van der Waals surface area (Å²) in [5.41, 5.74) is 6.65. The highest BCUT2D eigenvalue weighted by atomic mass is 19.1. The lowest BCUT2D eigenvalue weighted by molar-refractivity contribution is 0.279. The maximum Gasteiger partial charge on any atom is 0.123 e. The van der Waals surface area contributed by atoms with Gasteiger partial charge in [0.25, 0.3) is 0 Å². The van der Waals surface area contributed by atoms with Crippen molar-refractivity contribution in [2.45, 2.75) is 40.2 Å². The number of fused-ring (bicyclic) bond motifs is 1. The first-order valence-corrected chi connectivity index (χ1v) is 7.82. The maximum absolute atomic E-state index is 13.3. The molecule has 0 unspecified atom stereocenters. The van der Waals surface area contributed by atoms with E-state index < -0.39 is 0 Å².